The molecule has 0 saturated carbocycles. The molecule has 8 heteroatoms. The fourth-order valence-electron chi connectivity index (χ4n) is 5.85. The van der Waals surface area contributed by atoms with Crippen molar-refractivity contribution in [1.82, 2.24) is 4.98 Å². The number of hydrogen-bond donors (Lipinski definition) is 1. The van der Waals surface area contributed by atoms with Crippen molar-refractivity contribution in [1.29, 1.82) is 0 Å². The maximum Gasteiger partial charge on any atom is 0.301 e. The minimum atomic E-state index is -0.880. The number of rotatable bonds is 8. The molecule has 0 unspecified atom stereocenters. The van der Waals surface area contributed by atoms with Crippen LogP contribution in [0.25, 0.3) is 16.0 Å². The molecule has 1 N–H and O–H groups in total. The van der Waals surface area contributed by atoms with E-state index in [9.17, 15) is 14.7 Å². The van der Waals surface area contributed by atoms with Crippen LogP contribution >= 0.6 is 11.3 Å². The molecule has 4 aromatic rings. The van der Waals surface area contributed by atoms with E-state index in [1.165, 1.54) is 16.2 Å². The molecule has 0 bridgehead atoms. The van der Waals surface area contributed by atoms with Gasteiger partial charge in [-0.3, -0.25) is 14.5 Å². The minimum Gasteiger partial charge on any atom is -0.507 e. The number of fused-ring (bicyclic) bond motifs is 2. The summed E-state index contributed by atoms with van der Waals surface area (Å²) in [6.45, 7) is 8.71. The molecule has 1 saturated heterocycles. The number of aliphatic hydroxyl groups excluding tert-OH is 1. The third-order valence-corrected chi connectivity index (χ3v) is 8.83. The highest BCUT2D eigenvalue weighted by atomic mass is 32.1. The van der Waals surface area contributed by atoms with Gasteiger partial charge in [0.15, 0.2) is 5.13 Å². The van der Waals surface area contributed by atoms with Crippen molar-refractivity contribution in [3.8, 4) is 11.5 Å². The SMILES string of the molecule is CCCCCOc1cccc([C@@H]2C(=C(O)c3ccc4c(c3)C[C@@H](C)O4)C(=O)C(=O)N2c2nc3c(C)cc(C)cc3s2)c1. The number of thiazole rings is 1. The van der Waals surface area contributed by atoms with Crippen LogP contribution in [0.2, 0.25) is 0 Å². The third-order valence-electron chi connectivity index (χ3n) is 7.83. The average molecular weight is 583 g/mol. The van der Waals surface area contributed by atoms with Gasteiger partial charge in [0.25, 0.3) is 5.78 Å². The first kappa shape index (κ1) is 28.0. The lowest BCUT2D eigenvalue weighted by molar-refractivity contribution is -0.132. The molecule has 0 spiro atoms. The first-order chi connectivity index (χ1) is 20.2. The van der Waals surface area contributed by atoms with E-state index in [0.29, 0.717) is 35.0 Å². The molecule has 216 valence electrons. The number of ether oxygens (including phenoxy) is 2. The number of aliphatic hydroxyl groups is 1. The van der Waals surface area contributed by atoms with E-state index in [0.717, 1.165) is 51.9 Å². The molecule has 3 heterocycles. The fraction of sp³-hybridized carbons (Fsp3) is 0.324. The molecule has 2 aliphatic rings. The predicted octanol–water partition coefficient (Wildman–Crippen LogP) is 7.43. The maximum absolute atomic E-state index is 13.8. The van der Waals surface area contributed by atoms with Gasteiger partial charge in [-0.15, -0.1) is 0 Å². The number of ketones is 1. The Labute approximate surface area is 249 Å². The zero-order valence-corrected chi connectivity index (χ0v) is 25.1. The van der Waals surface area contributed by atoms with Crippen molar-refractivity contribution >= 4 is 44.1 Å². The summed E-state index contributed by atoms with van der Waals surface area (Å²) < 4.78 is 12.8. The van der Waals surface area contributed by atoms with Crippen molar-refractivity contribution < 1.29 is 24.2 Å². The lowest BCUT2D eigenvalue weighted by atomic mass is 9.94. The molecular formula is C34H34N2O5S. The van der Waals surface area contributed by atoms with Crippen molar-refractivity contribution in [2.45, 2.75) is 65.5 Å². The molecule has 3 aromatic carbocycles. The summed E-state index contributed by atoms with van der Waals surface area (Å²) in [5.74, 6) is -0.269. The summed E-state index contributed by atoms with van der Waals surface area (Å²) in [4.78, 5) is 33.8. The summed E-state index contributed by atoms with van der Waals surface area (Å²) in [5, 5.41) is 12.1. The van der Waals surface area contributed by atoms with E-state index in [1.807, 2.05) is 63.2 Å². The average Bonchev–Trinajstić information content (AvgIpc) is 3.63. The lowest BCUT2D eigenvalue weighted by Gasteiger charge is -2.23. The zero-order valence-electron chi connectivity index (χ0n) is 24.3. The number of carbonyl (C=O) groups excluding carboxylic acids is 2. The van der Waals surface area contributed by atoms with Gasteiger partial charge in [0.05, 0.1) is 28.4 Å². The molecule has 1 aromatic heterocycles. The summed E-state index contributed by atoms with van der Waals surface area (Å²) in [6, 6.07) is 16.0. The van der Waals surface area contributed by atoms with Crippen LogP contribution in [0.15, 0.2) is 60.2 Å². The first-order valence-corrected chi connectivity index (χ1v) is 15.3. The highest BCUT2D eigenvalue weighted by Gasteiger charge is 2.48. The Balaban J connectivity index is 1.49. The number of amides is 1. The van der Waals surface area contributed by atoms with Gasteiger partial charge in [0.1, 0.15) is 23.4 Å². The van der Waals surface area contributed by atoms with Crippen LogP contribution in [-0.2, 0) is 16.0 Å². The first-order valence-electron chi connectivity index (χ1n) is 14.5. The fourth-order valence-corrected chi connectivity index (χ4v) is 7.02. The van der Waals surface area contributed by atoms with E-state index >= 15 is 0 Å². The number of Topliss-reactive ketones (excluding diaryl/α,β-unsaturated/α-hetero) is 1. The smallest absolute Gasteiger partial charge is 0.301 e. The molecule has 0 radical (unpaired) electrons. The number of anilines is 1. The van der Waals surface area contributed by atoms with Crippen molar-refractivity contribution in [3.05, 3.63) is 88.0 Å². The standard InChI is InChI=1S/C34H34N2O5S/c1-5-6-7-13-40-25-10-8-9-22(18-25)30-28(31(37)23-11-12-26-24(17-23)16-21(4)41-26)32(38)33(39)36(30)34-35-29-20(3)14-19(2)15-27(29)42-34/h8-12,14-15,17-18,21,30,37H,5-7,13,16H2,1-4H3/t21-,30-/m1/s1. The molecule has 1 fully saturated rings. The van der Waals surface area contributed by atoms with Crippen molar-refractivity contribution in [2.24, 2.45) is 0 Å². The van der Waals surface area contributed by atoms with E-state index < -0.39 is 17.7 Å². The van der Waals surface area contributed by atoms with Crippen LogP contribution in [0.5, 0.6) is 11.5 Å². The lowest BCUT2D eigenvalue weighted by Crippen LogP contribution is -2.29. The molecule has 42 heavy (non-hydrogen) atoms. The number of benzene rings is 3. The predicted molar refractivity (Wildman–Crippen MR) is 166 cm³/mol. The molecule has 2 aliphatic heterocycles. The number of aryl methyl sites for hydroxylation is 2. The van der Waals surface area contributed by atoms with Crippen molar-refractivity contribution in [3.63, 3.8) is 0 Å². The van der Waals surface area contributed by atoms with Gasteiger partial charge in [-0.05, 0) is 85.8 Å². The monoisotopic (exact) mass is 582 g/mol. The Bertz CT molecular complexity index is 1740. The van der Waals surface area contributed by atoms with Gasteiger partial charge in [-0.25, -0.2) is 4.98 Å². The Morgan fingerprint density at radius 2 is 1.95 bits per heavy atom. The van der Waals surface area contributed by atoms with E-state index in [4.69, 9.17) is 14.5 Å². The second kappa shape index (κ2) is 11.2. The van der Waals surface area contributed by atoms with Crippen molar-refractivity contribution in [2.75, 3.05) is 11.5 Å². The van der Waals surface area contributed by atoms with Gasteiger partial charge in [0.2, 0.25) is 0 Å². The van der Waals surface area contributed by atoms with Gasteiger partial charge < -0.3 is 14.6 Å². The third kappa shape index (κ3) is 5.04. The highest BCUT2D eigenvalue weighted by Crippen LogP contribution is 2.45. The molecule has 0 aliphatic carbocycles. The molecule has 2 atom stereocenters. The van der Waals surface area contributed by atoms with Crippen LogP contribution in [-0.4, -0.2) is 34.5 Å². The van der Waals surface area contributed by atoms with Crippen LogP contribution in [0.1, 0.15) is 67.0 Å². The summed E-state index contributed by atoms with van der Waals surface area (Å²) in [5.41, 5.74) is 5.00. The summed E-state index contributed by atoms with van der Waals surface area (Å²) >= 11 is 1.37. The number of aromatic nitrogens is 1. The number of unbranched alkanes of at least 4 members (excludes halogenated alkanes) is 2. The quantitative estimate of drug-likeness (QED) is 0.101. The maximum atomic E-state index is 13.8. The van der Waals surface area contributed by atoms with Crippen LogP contribution < -0.4 is 14.4 Å². The van der Waals surface area contributed by atoms with Crippen LogP contribution in [0.3, 0.4) is 0 Å². The minimum absolute atomic E-state index is 0.0298. The zero-order chi connectivity index (χ0) is 29.5. The number of carbonyl (C=O) groups is 2. The Kier molecular flexibility index (Phi) is 7.49. The van der Waals surface area contributed by atoms with Crippen LogP contribution in [0, 0.1) is 13.8 Å². The Hall–Kier alpha value is -4.17. The Morgan fingerprint density at radius 1 is 1.12 bits per heavy atom. The largest absolute Gasteiger partial charge is 0.507 e. The van der Waals surface area contributed by atoms with Gasteiger partial charge in [0, 0.05) is 12.0 Å². The summed E-state index contributed by atoms with van der Waals surface area (Å²) in [6.07, 6.45) is 3.84. The molecule has 6 rings (SSSR count). The second-order valence-electron chi connectivity index (χ2n) is 11.2. The molecule has 1 amide bonds. The summed E-state index contributed by atoms with van der Waals surface area (Å²) in [7, 11) is 0. The Morgan fingerprint density at radius 3 is 2.76 bits per heavy atom. The van der Waals surface area contributed by atoms with E-state index in [-0.39, 0.29) is 17.4 Å². The molecule has 7 nitrogen and oxygen atoms in total. The van der Waals surface area contributed by atoms with Gasteiger partial charge in [-0.1, -0.05) is 49.3 Å². The number of nitrogens with zero attached hydrogens (tertiary/aromatic N) is 2. The van der Waals surface area contributed by atoms with E-state index in [2.05, 4.69) is 13.0 Å². The normalized spacial score (nSPS) is 19.4. The van der Waals surface area contributed by atoms with E-state index in [1.54, 1.807) is 6.07 Å². The number of hydrogen-bond acceptors (Lipinski definition) is 7. The topological polar surface area (TPSA) is 89.0 Å². The van der Waals surface area contributed by atoms with Gasteiger partial charge >= 0.3 is 5.91 Å². The second-order valence-corrected chi connectivity index (χ2v) is 12.2. The van der Waals surface area contributed by atoms with Gasteiger partial charge in [-0.2, -0.15) is 0 Å². The highest BCUT2D eigenvalue weighted by molar-refractivity contribution is 7.22. The molecular weight excluding hydrogens is 548 g/mol. The van der Waals surface area contributed by atoms with Crippen LogP contribution in [0.4, 0.5) is 5.13 Å².